The Hall–Kier alpha value is -1.25. The molecule has 0 spiro atoms. The zero-order valence-electron chi connectivity index (χ0n) is 12.4. The van der Waals surface area contributed by atoms with E-state index in [2.05, 4.69) is 67.6 Å². The lowest BCUT2D eigenvalue weighted by molar-refractivity contribution is 0.0880. The normalized spacial score (nSPS) is 29.2. The van der Waals surface area contributed by atoms with Crippen molar-refractivity contribution in [2.45, 2.75) is 36.4 Å². The van der Waals surface area contributed by atoms with Crippen molar-refractivity contribution in [3.8, 4) is 0 Å². The monoisotopic (exact) mass is 298 g/mol. The summed E-state index contributed by atoms with van der Waals surface area (Å²) < 4.78 is 0. The van der Waals surface area contributed by atoms with Gasteiger partial charge in [0.05, 0.1) is 6.10 Å². The van der Waals surface area contributed by atoms with Crippen molar-refractivity contribution in [2.75, 3.05) is 0 Å². The van der Waals surface area contributed by atoms with E-state index in [1.54, 1.807) is 0 Å². The Morgan fingerprint density at radius 3 is 2.10 bits per heavy atom. The van der Waals surface area contributed by atoms with Crippen LogP contribution >= 0.6 is 11.8 Å². The Morgan fingerprint density at radius 2 is 1.52 bits per heavy atom. The van der Waals surface area contributed by atoms with Crippen LogP contribution in [0, 0.1) is 5.92 Å². The lowest BCUT2D eigenvalue weighted by atomic mass is 9.87. The second kappa shape index (κ2) is 6.67. The fourth-order valence-corrected chi connectivity index (χ4v) is 5.13. The fraction of sp³-hybridized carbons (Fsp3) is 0.368. The molecular formula is C19H22OS. The Balaban J connectivity index is 1.89. The summed E-state index contributed by atoms with van der Waals surface area (Å²) in [5, 5.41) is 11.4. The molecule has 0 aliphatic carbocycles. The maximum absolute atomic E-state index is 10.6. The Bertz CT molecular complexity index is 554. The molecule has 0 amide bonds. The molecule has 1 saturated heterocycles. The van der Waals surface area contributed by atoms with Gasteiger partial charge in [-0.25, -0.2) is 0 Å². The van der Waals surface area contributed by atoms with Crippen LogP contribution in [0.25, 0.3) is 0 Å². The van der Waals surface area contributed by atoms with E-state index in [1.807, 2.05) is 11.8 Å². The molecule has 0 bridgehead atoms. The minimum absolute atomic E-state index is 0.216. The van der Waals surface area contributed by atoms with Crippen molar-refractivity contribution in [1.82, 2.24) is 0 Å². The number of benzene rings is 2. The standard InChI is InChI=1S/C19H22OS/c1-2-16-17(20)13-18(14-9-5-3-6-10-14)21-19(16)15-11-7-4-8-12-15/h3-12,16-20H,2,13H2,1H3/t16-,17-,18+,19+/m0/s1. The van der Waals surface area contributed by atoms with E-state index in [0.29, 0.717) is 16.4 Å². The summed E-state index contributed by atoms with van der Waals surface area (Å²) >= 11 is 2.01. The van der Waals surface area contributed by atoms with Crippen molar-refractivity contribution in [3.63, 3.8) is 0 Å². The summed E-state index contributed by atoms with van der Waals surface area (Å²) in [5.41, 5.74) is 2.67. The van der Waals surface area contributed by atoms with E-state index in [0.717, 1.165) is 12.8 Å². The Kier molecular flexibility index (Phi) is 4.67. The number of aliphatic hydroxyl groups excluding tert-OH is 1. The van der Waals surface area contributed by atoms with Crippen LogP contribution in [0.1, 0.15) is 41.4 Å². The number of rotatable bonds is 3. The van der Waals surface area contributed by atoms with Gasteiger partial charge in [-0.3, -0.25) is 0 Å². The zero-order valence-corrected chi connectivity index (χ0v) is 13.2. The minimum atomic E-state index is -0.216. The molecule has 1 aliphatic rings. The van der Waals surface area contributed by atoms with Crippen LogP contribution in [0.2, 0.25) is 0 Å². The van der Waals surface area contributed by atoms with Crippen molar-refractivity contribution in [2.24, 2.45) is 5.92 Å². The molecule has 2 aromatic rings. The summed E-state index contributed by atoms with van der Waals surface area (Å²) in [6, 6.07) is 21.2. The van der Waals surface area contributed by atoms with Crippen LogP contribution in [0.4, 0.5) is 0 Å². The van der Waals surface area contributed by atoms with Gasteiger partial charge in [-0.2, -0.15) is 0 Å². The minimum Gasteiger partial charge on any atom is -0.393 e. The first-order valence-corrected chi connectivity index (χ1v) is 8.67. The number of hydrogen-bond acceptors (Lipinski definition) is 2. The van der Waals surface area contributed by atoms with Gasteiger partial charge in [0.15, 0.2) is 0 Å². The topological polar surface area (TPSA) is 20.2 Å². The third-order valence-electron chi connectivity index (χ3n) is 4.42. The largest absolute Gasteiger partial charge is 0.393 e. The summed E-state index contributed by atoms with van der Waals surface area (Å²) in [6.07, 6.45) is 1.66. The molecule has 2 heteroatoms. The molecular weight excluding hydrogens is 276 g/mol. The van der Waals surface area contributed by atoms with Gasteiger partial charge in [0.1, 0.15) is 0 Å². The van der Waals surface area contributed by atoms with Crippen LogP contribution < -0.4 is 0 Å². The molecule has 0 saturated carbocycles. The first-order valence-electron chi connectivity index (χ1n) is 7.73. The fourth-order valence-electron chi connectivity index (χ4n) is 3.27. The molecule has 3 rings (SSSR count). The van der Waals surface area contributed by atoms with Gasteiger partial charge in [-0.1, -0.05) is 67.6 Å². The molecule has 1 aliphatic heterocycles. The van der Waals surface area contributed by atoms with E-state index >= 15 is 0 Å². The molecule has 0 aromatic heterocycles. The second-order valence-electron chi connectivity index (χ2n) is 5.74. The van der Waals surface area contributed by atoms with Crippen LogP contribution in [-0.2, 0) is 0 Å². The first-order chi connectivity index (χ1) is 10.3. The van der Waals surface area contributed by atoms with E-state index in [9.17, 15) is 5.11 Å². The van der Waals surface area contributed by atoms with Crippen LogP contribution in [0.3, 0.4) is 0 Å². The average Bonchev–Trinajstić information content (AvgIpc) is 2.55. The highest BCUT2D eigenvalue weighted by Gasteiger charge is 2.37. The van der Waals surface area contributed by atoms with Crippen LogP contribution in [0.5, 0.6) is 0 Å². The molecule has 1 fully saturated rings. The highest BCUT2D eigenvalue weighted by atomic mass is 32.2. The van der Waals surface area contributed by atoms with Gasteiger partial charge in [0.2, 0.25) is 0 Å². The summed E-state index contributed by atoms with van der Waals surface area (Å²) in [4.78, 5) is 0. The molecule has 1 nitrogen and oxygen atoms in total. The summed E-state index contributed by atoms with van der Waals surface area (Å²) in [7, 11) is 0. The Labute approximate surface area is 131 Å². The van der Waals surface area contributed by atoms with Gasteiger partial charge >= 0.3 is 0 Å². The van der Waals surface area contributed by atoms with Crippen molar-refractivity contribution in [3.05, 3.63) is 71.8 Å². The highest BCUT2D eigenvalue weighted by Crippen LogP contribution is 2.53. The van der Waals surface area contributed by atoms with Gasteiger partial charge in [0, 0.05) is 16.4 Å². The third kappa shape index (κ3) is 3.17. The number of hydrogen-bond donors (Lipinski definition) is 1. The number of thioether (sulfide) groups is 1. The van der Waals surface area contributed by atoms with E-state index < -0.39 is 0 Å². The van der Waals surface area contributed by atoms with E-state index in [1.165, 1.54) is 11.1 Å². The SMILES string of the molecule is CC[C@@H]1[C@@H](c2ccccc2)S[C@@H](c2ccccc2)C[C@@H]1O. The molecule has 1 N–H and O–H groups in total. The lowest BCUT2D eigenvalue weighted by Crippen LogP contribution is -2.31. The summed E-state index contributed by atoms with van der Waals surface area (Å²) in [6.45, 7) is 2.19. The molecule has 2 aromatic carbocycles. The first kappa shape index (κ1) is 14.7. The molecule has 110 valence electrons. The maximum Gasteiger partial charge on any atom is 0.0595 e. The molecule has 1 heterocycles. The predicted octanol–water partition coefficient (Wildman–Crippen LogP) is 4.99. The van der Waals surface area contributed by atoms with Crippen molar-refractivity contribution < 1.29 is 5.11 Å². The summed E-state index contributed by atoms with van der Waals surface area (Å²) in [5.74, 6) is 0.345. The second-order valence-corrected chi connectivity index (χ2v) is 7.09. The Morgan fingerprint density at radius 1 is 0.952 bits per heavy atom. The van der Waals surface area contributed by atoms with Crippen molar-refractivity contribution >= 4 is 11.8 Å². The molecule has 0 radical (unpaired) electrons. The maximum atomic E-state index is 10.6. The molecule has 21 heavy (non-hydrogen) atoms. The average molecular weight is 298 g/mol. The highest BCUT2D eigenvalue weighted by molar-refractivity contribution is 7.99. The predicted molar refractivity (Wildman–Crippen MR) is 90.4 cm³/mol. The smallest absolute Gasteiger partial charge is 0.0595 e. The molecule has 0 unspecified atom stereocenters. The van der Waals surface area contributed by atoms with Crippen LogP contribution in [-0.4, -0.2) is 11.2 Å². The van der Waals surface area contributed by atoms with Crippen molar-refractivity contribution in [1.29, 1.82) is 0 Å². The van der Waals surface area contributed by atoms with Gasteiger partial charge in [0.25, 0.3) is 0 Å². The van der Waals surface area contributed by atoms with Gasteiger partial charge in [-0.15, -0.1) is 11.8 Å². The van der Waals surface area contributed by atoms with Gasteiger partial charge in [-0.05, 0) is 24.0 Å². The quantitative estimate of drug-likeness (QED) is 0.861. The molecule has 4 atom stereocenters. The van der Waals surface area contributed by atoms with E-state index in [-0.39, 0.29) is 6.10 Å². The third-order valence-corrected chi connectivity index (χ3v) is 6.13. The van der Waals surface area contributed by atoms with Crippen LogP contribution in [0.15, 0.2) is 60.7 Å². The lowest BCUT2D eigenvalue weighted by Gasteiger charge is -2.39. The number of aliphatic hydroxyl groups is 1. The van der Waals surface area contributed by atoms with E-state index in [4.69, 9.17) is 0 Å². The van der Waals surface area contributed by atoms with Gasteiger partial charge < -0.3 is 5.11 Å². The zero-order chi connectivity index (χ0) is 14.7.